The fraction of sp³-hybridized carbons (Fsp3) is 0.290. The summed E-state index contributed by atoms with van der Waals surface area (Å²) in [5.74, 6) is 0.233. The van der Waals surface area contributed by atoms with Crippen molar-refractivity contribution in [3.63, 3.8) is 0 Å². The summed E-state index contributed by atoms with van der Waals surface area (Å²) in [4.78, 5) is 19.9. The molecule has 1 atom stereocenters. The van der Waals surface area contributed by atoms with Gasteiger partial charge in [-0.15, -0.1) is 13.2 Å². The molecule has 196 valence electrons. The van der Waals surface area contributed by atoms with Crippen LogP contribution in [0, 0.1) is 12.8 Å². The molecule has 0 aliphatic carbocycles. The highest BCUT2D eigenvalue weighted by Crippen LogP contribution is 2.31. The third-order valence-electron chi connectivity index (χ3n) is 7.29. The molecule has 1 aliphatic heterocycles. The van der Waals surface area contributed by atoms with Gasteiger partial charge in [0.05, 0.1) is 5.52 Å². The number of carbonyl (C=O) groups excluding carboxylic acids is 1. The number of rotatable bonds is 5. The fourth-order valence-electron chi connectivity index (χ4n) is 5.34. The van der Waals surface area contributed by atoms with Crippen molar-refractivity contribution >= 4 is 16.8 Å². The zero-order valence-electron chi connectivity index (χ0n) is 21.2. The number of fused-ring (bicyclic) bond motifs is 1. The predicted octanol–water partition coefficient (Wildman–Crippen LogP) is 7.59. The molecule has 4 nitrogen and oxygen atoms in total. The number of pyridine rings is 1. The molecule has 7 heteroatoms. The van der Waals surface area contributed by atoms with Gasteiger partial charge < -0.3 is 9.64 Å². The Morgan fingerprint density at radius 1 is 1.00 bits per heavy atom. The predicted molar refractivity (Wildman–Crippen MR) is 142 cm³/mol. The van der Waals surface area contributed by atoms with Crippen molar-refractivity contribution in [2.45, 2.75) is 39.0 Å². The van der Waals surface area contributed by atoms with Crippen LogP contribution in [0.5, 0.6) is 5.75 Å². The van der Waals surface area contributed by atoms with Crippen molar-refractivity contribution in [2.24, 2.45) is 5.92 Å². The second kappa shape index (κ2) is 10.9. The molecule has 1 aliphatic rings. The van der Waals surface area contributed by atoms with Crippen LogP contribution >= 0.6 is 0 Å². The number of likely N-dealkylation sites (tertiary alicyclic amines) is 1. The first-order valence-electron chi connectivity index (χ1n) is 12.9. The number of hydrogen-bond acceptors (Lipinski definition) is 3. The van der Waals surface area contributed by atoms with E-state index < -0.39 is 6.36 Å². The van der Waals surface area contributed by atoms with Crippen molar-refractivity contribution < 1.29 is 22.7 Å². The van der Waals surface area contributed by atoms with E-state index in [1.54, 1.807) is 18.3 Å². The zero-order chi connectivity index (χ0) is 26.7. The summed E-state index contributed by atoms with van der Waals surface area (Å²) in [7, 11) is 0. The van der Waals surface area contributed by atoms with Gasteiger partial charge in [0.1, 0.15) is 5.75 Å². The Morgan fingerprint density at radius 2 is 1.82 bits per heavy atom. The maximum Gasteiger partial charge on any atom is 0.573 e. The molecule has 0 saturated carbocycles. The third kappa shape index (κ3) is 5.98. The van der Waals surface area contributed by atoms with Gasteiger partial charge in [-0.1, -0.05) is 36.4 Å². The number of nitrogens with zero attached hydrogens (tertiary/aromatic N) is 2. The minimum atomic E-state index is -4.73. The van der Waals surface area contributed by atoms with E-state index in [0.29, 0.717) is 24.6 Å². The Morgan fingerprint density at radius 3 is 2.61 bits per heavy atom. The van der Waals surface area contributed by atoms with Crippen LogP contribution in [-0.4, -0.2) is 35.2 Å². The highest BCUT2D eigenvalue weighted by molar-refractivity contribution is 5.97. The molecule has 0 bridgehead atoms. The maximum absolute atomic E-state index is 13.6. The van der Waals surface area contributed by atoms with Gasteiger partial charge in [-0.2, -0.15) is 0 Å². The van der Waals surface area contributed by atoms with E-state index in [2.05, 4.69) is 34.0 Å². The number of alkyl halides is 3. The Balaban J connectivity index is 1.26. The van der Waals surface area contributed by atoms with E-state index in [4.69, 9.17) is 0 Å². The monoisotopic (exact) mass is 518 g/mol. The van der Waals surface area contributed by atoms with Crippen molar-refractivity contribution in [1.29, 1.82) is 0 Å². The van der Waals surface area contributed by atoms with Gasteiger partial charge in [0, 0.05) is 30.2 Å². The second-order valence-electron chi connectivity index (χ2n) is 9.87. The molecule has 0 unspecified atom stereocenters. The second-order valence-corrected chi connectivity index (χ2v) is 9.87. The molecule has 38 heavy (non-hydrogen) atoms. The molecule has 3 aromatic carbocycles. The summed E-state index contributed by atoms with van der Waals surface area (Å²) < 4.78 is 41.5. The van der Waals surface area contributed by atoms with Gasteiger partial charge in [-0.3, -0.25) is 9.78 Å². The van der Waals surface area contributed by atoms with Gasteiger partial charge in [-0.25, -0.2) is 0 Å². The van der Waals surface area contributed by atoms with Crippen LogP contribution < -0.4 is 4.74 Å². The molecule has 1 aromatic heterocycles. The van der Waals surface area contributed by atoms with Gasteiger partial charge >= 0.3 is 6.36 Å². The molecule has 4 aromatic rings. The summed E-state index contributed by atoms with van der Waals surface area (Å²) >= 11 is 0. The Bertz CT molecular complexity index is 1430. The lowest BCUT2D eigenvalue weighted by Gasteiger charge is -2.22. The summed E-state index contributed by atoms with van der Waals surface area (Å²) in [6.45, 7) is 3.30. The Labute approximate surface area is 220 Å². The maximum atomic E-state index is 13.6. The Kier molecular flexibility index (Phi) is 7.36. The minimum Gasteiger partial charge on any atom is -0.406 e. The van der Waals surface area contributed by atoms with Crippen LogP contribution in [0.1, 0.15) is 40.7 Å². The quantitative estimate of drug-likeness (QED) is 0.273. The molecule has 1 amide bonds. The first kappa shape index (κ1) is 25.8. The van der Waals surface area contributed by atoms with Crippen LogP contribution in [0.4, 0.5) is 13.2 Å². The molecule has 5 rings (SSSR count). The topological polar surface area (TPSA) is 42.4 Å². The van der Waals surface area contributed by atoms with Crippen LogP contribution in [0.15, 0.2) is 79.0 Å². The van der Waals surface area contributed by atoms with Crippen LogP contribution in [0.3, 0.4) is 0 Å². The number of hydrogen-bond donors (Lipinski definition) is 0. The highest BCUT2D eigenvalue weighted by atomic mass is 19.4. The third-order valence-corrected chi connectivity index (χ3v) is 7.29. The summed E-state index contributed by atoms with van der Waals surface area (Å²) in [6.07, 6.45) is 1.01. The Hall–Kier alpha value is -3.87. The lowest BCUT2D eigenvalue weighted by Crippen LogP contribution is -2.32. The molecule has 1 saturated heterocycles. The van der Waals surface area contributed by atoms with Gasteiger partial charge in [0.25, 0.3) is 5.91 Å². The number of halogens is 3. The molecular formula is C31H29F3N2O2. The van der Waals surface area contributed by atoms with E-state index in [0.717, 1.165) is 53.3 Å². The minimum absolute atomic E-state index is 0.00111. The van der Waals surface area contributed by atoms with Crippen LogP contribution in [-0.2, 0) is 6.42 Å². The van der Waals surface area contributed by atoms with Crippen molar-refractivity contribution in [3.8, 4) is 16.9 Å². The van der Waals surface area contributed by atoms with E-state index in [-0.39, 0.29) is 11.7 Å². The lowest BCUT2D eigenvalue weighted by molar-refractivity contribution is -0.274. The summed E-state index contributed by atoms with van der Waals surface area (Å²) in [5.41, 5.74) is 5.27. The van der Waals surface area contributed by atoms with Crippen molar-refractivity contribution in [3.05, 3.63) is 95.7 Å². The average Bonchev–Trinajstić information content (AvgIpc) is 3.14. The average molecular weight is 519 g/mol. The van der Waals surface area contributed by atoms with E-state index in [9.17, 15) is 18.0 Å². The van der Waals surface area contributed by atoms with E-state index in [1.165, 1.54) is 17.7 Å². The SMILES string of the molecule is Cc1c(C(=O)N2CCC[C@H](Cc3ccc4ncccc4c3)CC2)cccc1-c1ccc(OC(F)(F)F)cc1. The zero-order valence-corrected chi connectivity index (χ0v) is 21.2. The number of aromatic nitrogens is 1. The van der Waals surface area contributed by atoms with Crippen molar-refractivity contribution in [1.82, 2.24) is 9.88 Å². The van der Waals surface area contributed by atoms with Crippen LogP contribution in [0.25, 0.3) is 22.0 Å². The molecule has 0 spiro atoms. The normalized spacial score (nSPS) is 16.3. The summed E-state index contributed by atoms with van der Waals surface area (Å²) in [6, 6.07) is 21.7. The largest absolute Gasteiger partial charge is 0.573 e. The lowest BCUT2D eigenvalue weighted by atomic mass is 9.92. The number of benzene rings is 3. The molecule has 0 radical (unpaired) electrons. The molecule has 0 N–H and O–H groups in total. The van der Waals surface area contributed by atoms with Crippen molar-refractivity contribution in [2.75, 3.05) is 13.1 Å². The first-order valence-corrected chi connectivity index (χ1v) is 12.9. The van der Waals surface area contributed by atoms with E-state index >= 15 is 0 Å². The van der Waals surface area contributed by atoms with Gasteiger partial charge in [-0.05, 0) is 97.2 Å². The highest BCUT2D eigenvalue weighted by Gasteiger charge is 2.31. The molecule has 1 fully saturated rings. The number of carbonyl (C=O) groups is 1. The standard InChI is InChI=1S/C31H29F3N2O2/c1-21-27(24-10-12-26(13-11-24)38-31(32,33)34)7-2-8-28(21)30(37)36-17-4-5-22(15-18-36)19-23-9-14-29-25(20-23)6-3-16-35-29/h2-3,6-14,16,20,22H,4-5,15,17-19H2,1H3/t22-/m0/s1. The summed E-state index contributed by atoms with van der Waals surface area (Å²) in [5, 5.41) is 1.15. The van der Waals surface area contributed by atoms with Gasteiger partial charge in [0.15, 0.2) is 0 Å². The molecule has 2 heterocycles. The number of amides is 1. The van der Waals surface area contributed by atoms with Gasteiger partial charge in [0.2, 0.25) is 0 Å². The smallest absolute Gasteiger partial charge is 0.406 e. The molecular weight excluding hydrogens is 489 g/mol. The fourth-order valence-corrected chi connectivity index (χ4v) is 5.34. The first-order chi connectivity index (χ1) is 18.3. The number of ether oxygens (including phenoxy) is 1. The van der Waals surface area contributed by atoms with Crippen LogP contribution in [0.2, 0.25) is 0 Å². The van der Waals surface area contributed by atoms with E-state index in [1.807, 2.05) is 36.1 Å².